The average Bonchev–Trinajstić information content (AvgIpc) is 3.22. The van der Waals surface area contributed by atoms with E-state index in [1.807, 2.05) is 24.3 Å². The van der Waals surface area contributed by atoms with Gasteiger partial charge in [0.1, 0.15) is 17.4 Å². The maximum absolute atomic E-state index is 6.48. The second kappa shape index (κ2) is 7.31. The lowest BCUT2D eigenvalue weighted by atomic mass is 10.0. The van der Waals surface area contributed by atoms with Crippen molar-refractivity contribution < 1.29 is 0 Å². The predicted molar refractivity (Wildman–Crippen MR) is 107 cm³/mol. The number of nitrogens with two attached hydrogens (primary N) is 1. The number of aliphatic imine (C=N–C) groups is 1. The van der Waals surface area contributed by atoms with Crippen LogP contribution in [0.4, 0.5) is 0 Å². The second-order valence-corrected chi connectivity index (χ2v) is 7.71. The second-order valence-electron chi connectivity index (χ2n) is 6.19. The Morgan fingerprint density at radius 2 is 2.08 bits per heavy atom. The summed E-state index contributed by atoms with van der Waals surface area (Å²) in [6, 6.07) is 10.1. The third-order valence-electron chi connectivity index (χ3n) is 4.48. The molecule has 2 aromatic heterocycles. The molecule has 134 valence electrons. The summed E-state index contributed by atoms with van der Waals surface area (Å²) in [7, 11) is 0. The number of fused-ring (bicyclic) bond motifs is 3. The van der Waals surface area contributed by atoms with Crippen molar-refractivity contribution in [3.8, 4) is 5.00 Å². The van der Waals surface area contributed by atoms with E-state index in [4.69, 9.17) is 22.3 Å². The maximum Gasteiger partial charge on any atom is 0.160 e. The monoisotopic (exact) mass is 385 g/mol. The lowest BCUT2D eigenvalue weighted by Crippen LogP contribution is -2.08. The van der Waals surface area contributed by atoms with E-state index in [2.05, 4.69) is 27.8 Å². The lowest BCUT2D eigenvalue weighted by Gasteiger charge is -2.09. The van der Waals surface area contributed by atoms with E-state index >= 15 is 0 Å². The molecule has 1 aliphatic rings. The van der Waals surface area contributed by atoms with Crippen LogP contribution in [0.3, 0.4) is 0 Å². The number of thiophene rings is 1. The highest BCUT2D eigenvalue weighted by atomic mass is 35.5. The molecule has 0 unspecified atom stereocenters. The van der Waals surface area contributed by atoms with Crippen LogP contribution in [-0.2, 0) is 19.4 Å². The average molecular weight is 386 g/mol. The summed E-state index contributed by atoms with van der Waals surface area (Å²) >= 11 is 8.25. The summed E-state index contributed by atoms with van der Waals surface area (Å²) in [5.74, 6) is 1.82. The Morgan fingerprint density at radius 1 is 1.23 bits per heavy atom. The summed E-state index contributed by atoms with van der Waals surface area (Å²) in [4.78, 5) is 6.18. The van der Waals surface area contributed by atoms with Gasteiger partial charge in [-0.15, -0.1) is 21.5 Å². The normalized spacial score (nSPS) is 13.1. The fraction of sp³-hybridized carbons (Fsp3) is 0.316. The highest BCUT2D eigenvalue weighted by molar-refractivity contribution is 7.15. The van der Waals surface area contributed by atoms with Gasteiger partial charge in [-0.2, -0.15) is 0 Å². The van der Waals surface area contributed by atoms with Crippen molar-refractivity contribution in [2.75, 3.05) is 6.54 Å². The van der Waals surface area contributed by atoms with Crippen molar-refractivity contribution in [2.45, 2.75) is 32.7 Å². The molecule has 0 fully saturated rings. The first-order valence-electron chi connectivity index (χ1n) is 8.79. The summed E-state index contributed by atoms with van der Waals surface area (Å²) in [5.41, 5.74) is 8.68. The van der Waals surface area contributed by atoms with E-state index in [-0.39, 0.29) is 0 Å². The number of nitrogens with zero attached hydrogens (tertiary/aromatic N) is 4. The molecule has 0 saturated carbocycles. The number of halogens is 1. The van der Waals surface area contributed by atoms with Crippen molar-refractivity contribution in [3.63, 3.8) is 0 Å². The third-order valence-corrected chi connectivity index (χ3v) is 6.07. The largest absolute Gasteiger partial charge is 0.330 e. The highest BCUT2D eigenvalue weighted by Gasteiger charge is 2.25. The molecule has 3 aromatic rings. The molecule has 0 saturated heterocycles. The first-order chi connectivity index (χ1) is 12.7. The molecule has 3 heterocycles. The minimum atomic E-state index is 0.485. The fourth-order valence-electron chi connectivity index (χ4n) is 3.17. The first kappa shape index (κ1) is 17.4. The van der Waals surface area contributed by atoms with Crippen LogP contribution in [0.2, 0.25) is 5.02 Å². The zero-order chi connectivity index (χ0) is 18.1. The summed E-state index contributed by atoms with van der Waals surface area (Å²) in [5, 5.41) is 10.6. The van der Waals surface area contributed by atoms with Crippen molar-refractivity contribution in [2.24, 2.45) is 10.7 Å². The van der Waals surface area contributed by atoms with Crippen LogP contribution in [0.5, 0.6) is 0 Å². The van der Waals surface area contributed by atoms with Gasteiger partial charge in [0.15, 0.2) is 5.82 Å². The topological polar surface area (TPSA) is 69.1 Å². The van der Waals surface area contributed by atoms with E-state index in [0.717, 1.165) is 52.8 Å². The molecule has 0 atom stereocenters. The molecule has 2 N–H and O–H groups in total. The van der Waals surface area contributed by atoms with Crippen LogP contribution < -0.4 is 5.73 Å². The first-order valence-corrected chi connectivity index (χ1v) is 9.98. The Balaban J connectivity index is 1.90. The number of hydrogen-bond donors (Lipinski definition) is 1. The molecule has 4 rings (SSSR count). The van der Waals surface area contributed by atoms with Gasteiger partial charge in [-0.1, -0.05) is 36.7 Å². The zero-order valence-electron chi connectivity index (χ0n) is 14.6. The molecule has 1 aliphatic heterocycles. The van der Waals surface area contributed by atoms with Gasteiger partial charge in [0, 0.05) is 27.4 Å². The molecule has 0 amide bonds. The predicted octanol–water partition coefficient (Wildman–Crippen LogP) is 3.79. The summed E-state index contributed by atoms with van der Waals surface area (Å²) in [6.45, 7) is 3.29. The van der Waals surface area contributed by atoms with E-state index in [1.165, 1.54) is 4.88 Å². The van der Waals surface area contributed by atoms with Crippen LogP contribution in [0, 0.1) is 0 Å². The number of benzene rings is 1. The molecule has 0 bridgehead atoms. The molecule has 1 aromatic carbocycles. The number of rotatable bonds is 5. The Labute approximate surface area is 161 Å². The third kappa shape index (κ3) is 2.98. The summed E-state index contributed by atoms with van der Waals surface area (Å²) in [6.07, 6.45) is 2.67. The molecule has 26 heavy (non-hydrogen) atoms. The Bertz CT molecular complexity index is 972. The van der Waals surface area contributed by atoms with Gasteiger partial charge in [0.05, 0.1) is 5.71 Å². The molecular weight excluding hydrogens is 366 g/mol. The summed E-state index contributed by atoms with van der Waals surface area (Å²) < 4.78 is 2.17. The minimum Gasteiger partial charge on any atom is -0.330 e. The van der Waals surface area contributed by atoms with E-state index in [9.17, 15) is 0 Å². The molecular formula is C19H20ClN5S. The van der Waals surface area contributed by atoms with Gasteiger partial charge in [-0.25, -0.2) is 0 Å². The quantitative estimate of drug-likeness (QED) is 0.726. The number of hydrogen-bond acceptors (Lipinski definition) is 5. The molecule has 7 heteroatoms. The number of aryl methyl sites for hydroxylation is 2. The maximum atomic E-state index is 6.48. The van der Waals surface area contributed by atoms with E-state index < -0.39 is 0 Å². The molecule has 0 radical (unpaired) electrons. The van der Waals surface area contributed by atoms with Crippen molar-refractivity contribution in [3.05, 3.63) is 63.0 Å². The highest BCUT2D eigenvalue weighted by Crippen LogP contribution is 2.34. The van der Waals surface area contributed by atoms with Gasteiger partial charge in [-0.05, 0) is 31.5 Å². The zero-order valence-corrected chi connectivity index (χ0v) is 16.1. The van der Waals surface area contributed by atoms with Crippen LogP contribution in [0.25, 0.3) is 5.00 Å². The Hall–Kier alpha value is -2.02. The molecule has 0 spiro atoms. The fourth-order valence-corrected chi connectivity index (χ4v) is 4.53. The van der Waals surface area contributed by atoms with Crippen LogP contribution in [-0.4, -0.2) is 27.0 Å². The van der Waals surface area contributed by atoms with Gasteiger partial charge >= 0.3 is 0 Å². The van der Waals surface area contributed by atoms with Gasteiger partial charge in [0.25, 0.3) is 0 Å². The number of aromatic nitrogens is 3. The smallest absolute Gasteiger partial charge is 0.160 e. The van der Waals surface area contributed by atoms with Crippen LogP contribution in [0.1, 0.15) is 41.0 Å². The van der Waals surface area contributed by atoms with Gasteiger partial charge < -0.3 is 5.73 Å². The van der Waals surface area contributed by atoms with Crippen LogP contribution >= 0.6 is 22.9 Å². The standard InChI is InChI=1S/C19H20ClN5S/c1-2-12-10-14-18(13-6-3-4-7-15(13)20)22-11-17-24-23-16(8-5-9-21)25(17)19(14)26-12/h3-4,6-7,10H,2,5,8-9,11,21H2,1H3. The van der Waals surface area contributed by atoms with Gasteiger partial charge in [-0.3, -0.25) is 9.56 Å². The Morgan fingerprint density at radius 3 is 2.85 bits per heavy atom. The van der Waals surface area contributed by atoms with Crippen molar-refractivity contribution in [1.82, 2.24) is 14.8 Å². The van der Waals surface area contributed by atoms with E-state index in [0.29, 0.717) is 18.1 Å². The van der Waals surface area contributed by atoms with Gasteiger partial charge in [0.2, 0.25) is 0 Å². The minimum absolute atomic E-state index is 0.485. The van der Waals surface area contributed by atoms with Crippen molar-refractivity contribution >= 4 is 28.6 Å². The molecule has 0 aliphatic carbocycles. The van der Waals surface area contributed by atoms with E-state index in [1.54, 1.807) is 11.3 Å². The lowest BCUT2D eigenvalue weighted by molar-refractivity contribution is 0.757. The van der Waals surface area contributed by atoms with Crippen LogP contribution in [0.15, 0.2) is 35.3 Å². The SMILES string of the molecule is CCc1cc2c(s1)-n1c(CCCN)nnc1CN=C2c1ccccc1Cl. The molecule has 5 nitrogen and oxygen atoms in total. The van der Waals surface area contributed by atoms with Crippen molar-refractivity contribution in [1.29, 1.82) is 0 Å². The Kier molecular flexibility index (Phi) is 4.89.